The molecule has 0 bridgehead atoms. The van der Waals surface area contributed by atoms with Gasteiger partial charge >= 0.3 is 0 Å². The lowest BCUT2D eigenvalue weighted by atomic mass is 9.83. The number of hydrogen-bond acceptors (Lipinski definition) is 4. The molecule has 0 saturated heterocycles. The third-order valence-electron chi connectivity index (χ3n) is 7.13. The molecule has 1 aliphatic heterocycles. The van der Waals surface area contributed by atoms with E-state index in [1.807, 2.05) is 72.9 Å². The van der Waals surface area contributed by atoms with Crippen LogP contribution in [0, 0.1) is 5.92 Å². The van der Waals surface area contributed by atoms with E-state index in [1.54, 1.807) is 30.0 Å². The Morgan fingerprint density at radius 1 is 1.11 bits per heavy atom. The van der Waals surface area contributed by atoms with Gasteiger partial charge in [0.2, 0.25) is 5.91 Å². The van der Waals surface area contributed by atoms with Crippen LogP contribution in [0.2, 0.25) is 0 Å². The maximum atomic E-state index is 13.6. The van der Waals surface area contributed by atoms with Crippen molar-refractivity contribution >= 4 is 34.1 Å². The van der Waals surface area contributed by atoms with Crippen molar-refractivity contribution in [3.05, 3.63) is 108 Å². The molecule has 5 rings (SSSR count). The standard InChI is InChI=1S/C31H31N3O4/c1-21(9-6-7-16-35)31(38)26-13-3-5-15-28(26)34(30(31)37)20-22-10-8-11-24(17-22)33-29(36)18-23-19-32-27-14-4-2-12-25(23)27/h2-6,8-15,17,19,21,32,35,38H,7,16,18,20H2,1H3,(H,33,36)/b9-6+/t21-,31+/m0/s1. The Labute approximate surface area is 221 Å². The number of carbonyl (C=O) groups excluding carboxylic acids is 2. The van der Waals surface area contributed by atoms with Crippen LogP contribution in [-0.4, -0.2) is 33.6 Å². The number of aliphatic hydroxyl groups is 2. The molecule has 2 amide bonds. The number of hydrogen-bond donors (Lipinski definition) is 4. The van der Waals surface area contributed by atoms with Crippen LogP contribution in [0.1, 0.15) is 30.0 Å². The molecule has 7 nitrogen and oxygen atoms in total. The highest BCUT2D eigenvalue weighted by atomic mass is 16.3. The van der Waals surface area contributed by atoms with Crippen LogP contribution in [0.25, 0.3) is 10.9 Å². The Hall–Kier alpha value is -4.20. The van der Waals surface area contributed by atoms with Gasteiger partial charge in [-0.3, -0.25) is 9.59 Å². The number of amides is 2. The van der Waals surface area contributed by atoms with Gasteiger partial charge in [-0.25, -0.2) is 0 Å². The van der Waals surface area contributed by atoms with Crippen molar-refractivity contribution in [1.82, 2.24) is 4.98 Å². The van der Waals surface area contributed by atoms with Crippen molar-refractivity contribution in [3.63, 3.8) is 0 Å². The van der Waals surface area contributed by atoms with Crippen molar-refractivity contribution in [1.29, 1.82) is 0 Å². The topological polar surface area (TPSA) is 106 Å². The van der Waals surface area contributed by atoms with E-state index in [1.165, 1.54) is 0 Å². The average molecular weight is 510 g/mol. The third-order valence-corrected chi connectivity index (χ3v) is 7.13. The van der Waals surface area contributed by atoms with Crippen molar-refractivity contribution in [2.24, 2.45) is 5.92 Å². The fourth-order valence-corrected chi connectivity index (χ4v) is 5.16. The zero-order valence-corrected chi connectivity index (χ0v) is 21.2. The molecule has 0 aliphatic carbocycles. The maximum absolute atomic E-state index is 13.6. The number of nitrogens with one attached hydrogen (secondary N) is 2. The molecule has 0 unspecified atom stereocenters. The predicted molar refractivity (Wildman–Crippen MR) is 149 cm³/mol. The first-order valence-corrected chi connectivity index (χ1v) is 12.8. The number of aromatic amines is 1. The van der Waals surface area contributed by atoms with Crippen LogP contribution in [0.5, 0.6) is 0 Å². The van der Waals surface area contributed by atoms with Gasteiger partial charge < -0.3 is 25.4 Å². The number of rotatable bonds is 9. The number of fused-ring (bicyclic) bond motifs is 2. The zero-order valence-electron chi connectivity index (χ0n) is 21.2. The summed E-state index contributed by atoms with van der Waals surface area (Å²) in [6, 6.07) is 22.6. The van der Waals surface area contributed by atoms with E-state index in [2.05, 4.69) is 10.3 Å². The van der Waals surface area contributed by atoms with E-state index in [9.17, 15) is 14.7 Å². The molecule has 0 fully saturated rings. The normalized spacial score (nSPS) is 17.8. The van der Waals surface area contributed by atoms with Gasteiger partial charge in [0.05, 0.1) is 18.7 Å². The van der Waals surface area contributed by atoms with Gasteiger partial charge in [0.25, 0.3) is 5.91 Å². The molecular weight excluding hydrogens is 478 g/mol. The largest absolute Gasteiger partial charge is 0.396 e. The quantitative estimate of drug-likeness (QED) is 0.246. The first kappa shape index (κ1) is 25.4. The Balaban J connectivity index is 1.33. The number of aromatic nitrogens is 1. The van der Waals surface area contributed by atoms with Crippen LogP contribution >= 0.6 is 0 Å². The summed E-state index contributed by atoms with van der Waals surface area (Å²) in [7, 11) is 0. The number of nitrogens with zero attached hydrogens (tertiary/aromatic N) is 1. The molecule has 1 aromatic heterocycles. The Kier molecular flexibility index (Phi) is 7.13. The van der Waals surface area contributed by atoms with Gasteiger partial charge in [-0.05, 0) is 41.8 Å². The molecule has 0 spiro atoms. The second-order valence-corrected chi connectivity index (χ2v) is 9.69. The summed E-state index contributed by atoms with van der Waals surface area (Å²) in [4.78, 5) is 31.2. The smallest absolute Gasteiger partial charge is 0.264 e. The van der Waals surface area contributed by atoms with E-state index >= 15 is 0 Å². The average Bonchev–Trinajstić information content (AvgIpc) is 3.42. The number of H-pyrrole nitrogens is 1. The minimum absolute atomic E-state index is 0.00691. The van der Waals surface area contributed by atoms with Crippen molar-refractivity contribution in [2.75, 3.05) is 16.8 Å². The van der Waals surface area contributed by atoms with Crippen LogP contribution in [0.3, 0.4) is 0 Å². The van der Waals surface area contributed by atoms with Crippen molar-refractivity contribution < 1.29 is 19.8 Å². The number of benzene rings is 3. The predicted octanol–water partition coefficient (Wildman–Crippen LogP) is 4.66. The van der Waals surface area contributed by atoms with Crippen LogP contribution in [0.15, 0.2) is 91.1 Å². The molecule has 194 valence electrons. The van der Waals surface area contributed by atoms with Gasteiger partial charge in [0, 0.05) is 40.9 Å². The highest BCUT2D eigenvalue weighted by Crippen LogP contribution is 2.45. The molecule has 0 saturated carbocycles. The Morgan fingerprint density at radius 2 is 1.89 bits per heavy atom. The molecule has 4 aromatic rings. The Morgan fingerprint density at radius 3 is 2.74 bits per heavy atom. The van der Waals surface area contributed by atoms with Crippen LogP contribution in [-0.2, 0) is 28.2 Å². The number of para-hydroxylation sites is 2. The summed E-state index contributed by atoms with van der Waals surface area (Å²) >= 11 is 0. The minimum atomic E-state index is -1.70. The molecule has 0 radical (unpaired) electrons. The van der Waals surface area contributed by atoms with Crippen molar-refractivity contribution in [2.45, 2.75) is 31.9 Å². The molecule has 4 N–H and O–H groups in total. The van der Waals surface area contributed by atoms with Gasteiger partial charge in [-0.1, -0.05) is 67.6 Å². The fraction of sp³-hybridized carbons (Fsp3) is 0.226. The first-order chi connectivity index (χ1) is 18.4. The molecule has 3 aromatic carbocycles. The van der Waals surface area contributed by atoms with Crippen molar-refractivity contribution in [3.8, 4) is 0 Å². The number of carbonyl (C=O) groups is 2. The van der Waals surface area contributed by atoms with Gasteiger partial charge in [0.15, 0.2) is 5.60 Å². The molecule has 2 heterocycles. The van der Waals surface area contributed by atoms with Gasteiger partial charge in [-0.2, -0.15) is 0 Å². The maximum Gasteiger partial charge on any atom is 0.264 e. The van der Waals surface area contributed by atoms with E-state index in [4.69, 9.17) is 5.11 Å². The summed E-state index contributed by atoms with van der Waals surface area (Å²) in [5.41, 5.74) is 2.91. The van der Waals surface area contributed by atoms with Gasteiger partial charge in [0.1, 0.15) is 0 Å². The van der Waals surface area contributed by atoms with Gasteiger partial charge in [-0.15, -0.1) is 0 Å². The molecular formula is C31H31N3O4. The van der Waals surface area contributed by atoms with E-state index < -0.39 is 17.4 Å². The van der Waals surface area contributed by atoms with E-state index in [-0.39, 0.29) is 25.5 Å². The third kappa shape index (κ3) is 4.74. The van der Waals surface area contributed by atoms with Crippen LogP contribution < -0.4 is 10.2 Å². The molecule has 1 aliphatic rings. The molecule has 7 heteroatoms. The summed E-state index contributed by atoms with van der Waals surface area (Å²) in [5, 5.41) is 24.7. The fourth-order valence-electron chi connectivity index (χ4n) is 5.16. The number of anilines is 2. The summed E-state index contributed by atoms with van der Waals surface area (Å²) < 4.78 is 0. The second-order valence-electron chi connectivity index (χ2n) is 9.69. The minimum Gasteiger partial charge on any atom is -0.396 e. The lowest BCUT2D eigenvalue weighted by Crippen LogP contribution is -2.44. The first-order valence-electron chi connectivity index (χ1n) is 12.8. The lowest BCUT2D eigenvalue weighted by molar-refractivity contribution is -0.139. The van der Waals surface area contributed by atoms with Crippen LogP contribution in [0.4, 0.5) is 11.4 Å². The molecule has 38 heavy (non-hydrogen) atoms. The monoisotopic (exact) mass is 509 g/mol. The summed E-state index contributed by atoms with van der Waals surface area (Å²) in [6.45, 7) is 2.06. The highest BCUT2D eigenvalue weighted by Gasteiger charge is 2.52. The SMILES string of the molecule is C[C@@H](/C=C/CCO)[C@]1(O)C(=O)N(Cc2cccc(NC(=O)Cc3c[nH]c4ccccc34)c2)c2ccccc21. The van der Waals surface area contributed by atoms with E-state index in [0.29, 0.717) is 23.4 Å². The number of aliphatic hydroxyl groups excluding tert-OH is 1. The zero-order chi connectivity index (χ0) is 26.7. The summed E-state index contributed by atoms with van der Waals surface area (Å²) in [6.07, 6.45) is 6.11. The highest BCUT2D eigenvalue weighted by molar-refractivity contribution is 6.07. The Bertz CT molecular complexity index is 1510. The van der Waals surface area contributed by atoms with E-state index in [0.717, 1.165) is 22.0 Å². The lowest BCUT2D eigenvalue weighted by Gasteiger charge is -2.27. The summed E-state index contributed by atoms with van der Waals surface area (Å²) in [5.74, 6) is -1.01. The second kappa shape index (κ2) is 10.7. The molecule has 2 atom stereocenters.